The molecule has 0 bridgehead atoms. The van der Waals surface area contributed by atoms with Crippen LogP contribution in [0, 0.1) is 13.8 Å². The van der Waals surface area contributed by atoms with E-state index in [0.29, 0.717) is 0 Å². The Bertz CT molecular complexity index is 289. The van der Waals surface area contributed by atoms with E-state index in [1.165, 1.54) is 41.5 Å². The zero-order chi connectivity index (χ0) is 7.84. The molecule has 0 nitrogen and oxygen atoms in total. The maximum atomic E-state index is 4.05. The summed E-state index contributed by atoms with van der Waals surface area (Å²) >= 11 is 0. The second-order valence-corrected chi connectivity index (χ2v) is 3.42. The first kappa shape index (κ1) is 9.86. The molecule has 0 fully saturated rings. The van der Waals surface area contributed by atoms with Gasteiger partial charge in [-0.15, -0.1) is 16.7 Å². The van der Waals surface area contributed by atoms with Crippen LogP contribution in [0.2, 0.25) is 0 Å². The molecular weight excluding hydrogens is 316 g/mol. The topological polar surface area (TPSA) is 0 Å². The average Bonchev–Trinajstić information content (AvgIpc) is 2.34. The number of rotatable bonds is 0. The molecule has 1 heteroatoms. The van der Waals surface area contributed by atoms with E-state index >= 15 is 0 Å². The molecule has 64 valence electrons. The summed E-state index contributed by atoms with van der Waals surface area (Å²) in [4.78, 5) is 0. The molecule has 1 aromatic carbocycles. The van der Waals surface area contributed by atoms with Crippen LogP contribution in [0.3, 0.4) is 0 Å². The van der Waals surface area contributed by atoms with Crippen molar-refractivity contribution in [1.29, 1.82) is 0 Å². The van der Waals surface area contributed by atoms with E-state index in [-0.39, 0.29) is 21.1 Å². The molecule has 0 aromatic heterocycles. The molecule has 1 aromatic rings. The van der Waals surface area contributed by atoms with Crippen LogP contribution in [-0.4, -0.2) is 0 Å². The summed E-state index contributed by atoms with van der Waals surface area (Å²) in [5.41, 5.74) is 5.65. The molecule has 1 aliphatic rings. The Balaban J connectivity index is 0.000000720. The van der Waals surface area contributed by atoms with Crippen LogP contribution in [-0.2, 0) is 33.9 Å². The molecule has 0 heterocycles. The van der Waals surface area contributed by atoms with Crippen LogP contribution >= 0.6 is 0 Å². The third kappa shape index (κ3) is 1.59. The molecule has 0 saturated carbocycles. The maximum Gasteiger partial charge on any atom is 0 e. The minimum atomic E-state index is 0. The second kappa shape index (κ2) is 3.66. The fourth-order valence-corrected chi connectivity index (χ4v) is 1.97. The summed E-state index contributed by atoms with van der Waals surface area (Å²) in [5.74, 6) is 0. The van der Waals surface area contributed by atoms with Gasteiger partial charge in [0.05, 0.1) is 0 Å². The Morgan fingerprint density at radius 3 is 2.75 bits per heavy atom. The van der Waals surface area contributed by atoms with E-state index in [1.54, 1.807) is 0 Å². The van der Waals surface area contributed by atoms with Crippen LogP contribution in [0.5, 0.6) is 0 Å². The van der Waals surface area contributed by atoms with E-state index < -0.39 is 0 Å². The summed E-state index contributed by atoms with van der Waals surface area (Å²) < 4.78 is 0. The maximum absolute atomic E-state index is 4.05. The number of fused-ring (bicyclic) bond motifs is 1. The van der Waals surface area contributed by atoms with Gasteiger partial charge in [0.15, 0.2) is 0 Å². The van der Waals surface area contributed by atoms with E-state index in [9.17, 15) is 0 Å². The monoisotopic (exact) mass is 329 g/mol. The van der Waals surface area contributed by atoms with Crippen molar-refractivity contribution in [3.63, 3.8) is 0 Å². The van der Waals surface area contributed by atoms with Crippen LogP contribution < -0.4 is 0 Å². The predicted molar refractivity (Wildman–Crippen MR) is 47.7 cm³/mol. The van der Waals surface area contributed by atoms with Crippen molar-refractivity contribution in [2.45, 2.75) is 26.2 Å². The van der Waals surface area contributed by atoms with Crippen LogP contribution in [0.25, 0.3) is 0 Å². The van der Waals surface area contributed by atoms with Gasteiger partial charge in [0.2, 0.25) is 0 Å². The van der Waals surface area contributed by atoms with Crippen molar-refractivity contribution >= 4 is 0 Å². The molecule has 2 rings (SSSR count). The van der Waals surface area contributed by atoms with Gasteiger partial charge in [0.1, 0.15) is 0 Å². The molecule has 0 radical (unpaired) electrons. The Kier molecular flexibility index (Phi) is 3.01. The Labute approximate surface area is 88.6 Å². The summed E-state index contributed by atoms with van der Waals surface area (Å²) in [6.45, 7) is 6.20. The van der Waals surface area contributed by atoms with Gasteiger partial charge in [-0.25, -0.2) is 0 Å². The van der Waals surface area contributed by atoms with Crippen molar-refractivity contribution in [3.8, 4) is 0 Å². The van der Waals surface area contributed by atoms with Gasteiger partial charge >= 0.3 is 0 Å². The Morgan fingerprint density at radius 2 is 2.00 bits per heavy atom. The largest absolute Gasteiger partial charge is 0.198 e. The first-order valence-corrected chi connectivity index (χ1v) is 4.22. The minimum absolute atomic E-state index is 0. The predicted octanol–water partition coefficient (Wildman–Crippen LogP) is 2.66. The van der Waals surface area contributed by atoms with Crippen molar-refractivity contribution in [3.05, 3.63) is 41.3 Å². The second-order valence-electron chi connectivity index (χ2n) is 3.42. The SMILES string of the molecule is [CH2-]c1cc(C)cc2c1CCC2.[W]. The van der Waals surface area contributed by atoms with Gasteiger partial charge in [-0.1, -0.05) is 25.8 Å². The third-order valence-electron chi connectivity index (χ3n) is 2.45. The first-order valence-electron chi connectivity index (χ1n) is 4.22. The molecule has 0 aliphatic heterocycles. The Hall–Kier alpha value is -0.222. The van der Waals surface area contributed by atoms with Crippen LogP contribution in [0.4, 0.5) is 0 Å². The summed E-state index contributed by atoms with van der Waals surface area (Å²) in [6, 6.07) is 4.49. The normalized spacial score (nSPS) is 13.8. The first-order chi connectivity index (χ1) is 5.27. The summed E-state index contributed by atoms with van der Waals surface area (Å²) in [6.07, 6.45) is 3.83. The van der Waals surface area contributed by atoms with E-state index in [2.05, 4.69) is 26.0 Å². The molecule has 0 unspecified atom stereocenters. The smallest absolute Gasteiger partial charge is 0 e. The number of aryl methyl sites for hydroxylation is 2. The van der Waals surface area contributed by atoms with Gasteiger partial charge in [-0.2, -0.15) is 18.6 Å². The zero-order valence-corrected chi connectivity index (χ0v) is 10.3. The summed E-state index contributed by atoms with van der Waals surface area (Å²) in [5, 5.41) is 0. The van der Waals surface area contributed by atoms with Gasteiger partial charge < -0.3 is 0 Å². The number of benzene rings is 1. The zero-order valence-electron chi connectivity index (χ0n) is 7.39. The quantitative estimate of drug-likeness (QED) is 0.642. The summed E-state index contributed by atoms with van der Waals surface area (Å²) in [7, 11) is 0. The Morgan fingerprint density at radius 1 is 1.25 bits per heavy atom. The molecule has 1 aliphatic carbocycles. The molecule has 0 amide bonds. The minimum Gasteiger partial charge on any atom is -0.198 e. The van der Waals surface area contributed by atoms with Gasteiger partial charge in [-0.3, -0.25) is 0 Å². The number of hydrogen-bond donors (Lipinski definition) is 0. The van der Waals surface area contributed by atoms with E-state index in [4.69, 9.17) is 0 Å². The molecule has 0 spiro atoms. The van der Waals surface area contributed by atoms with Crippen molar-refractivity contribution < 1.29 is 21.1 Å². The average molecular weight is 329 g/mol. The fraction of sp³-hybridized carbons (Fsp3) is 0.364. The van der Waals surface area contributed by atoms with Crippen molar-refractivity contribution in [2.75, 3.05) is 0 Å². The van der Waals surface area contributed by atoms with Gasteiger partial charge in [0, 0.05) is 21.1 Å². The van der Waals surface area contributed by atoms with Crippen LogP contribution in [0.15, 0.2) is 12.1 Å². The fourth-order valence-electron chi connectivity index (χ4n) is 1.97. The standard InChI is InChI=1S/C11H13.W/c1-8-6-9(2)11-5-3-4-10(11)7-8;/h6-7H,2-5H2,1H3;/q-1;. The van der Waals surface area contributed by atoms with E-state index in [1.807, 2.05) is 0 Å². The van der Waals surface area contributed by atoms with Crippen LogP contribution in [0.1, 0.15) is 28.7 Å². The van der Waals surface area contributed by atoms with Crippen molar-refractivity contribution in [1.82, 2.24) is 0 Å². The van der Waals surface area contributed by atoms with Gasteiger partial charge in [-0.05, 0) is 6.42 Å². The molecule has 0 atom stereocenters. The van der Waals surface area contributed by atoms with Gasteiger partial charge in [0.25, 0.3) is 0 Å². The van der Waals surface area contributed by atoms with Crippen molar-refractivity contribution in [2.24, 2.45) is 0 Å². The molecular formula is C11H13W-. The molecule has 0 saturated heterocycles. The molecule has 12 heavy (non-hydrogen) atoms. The third-order valence-corrected chi connectivity index (χ3v) is 2.45. The number of hydrogen-bond acceptors (Lipinski definition) is 0. The molecule has 0 N–H and O–H groups in total. The van der Waals surface area contributed by atoms with E-state index in [0.717, 1.165) is 0 Å².